The highest BCUT2D eigenvalue weighted by atomic mass is 19.1. The number of aliphatic hydroxyl groups excluding tert-OH is 2. The van der Waals surface area contributed by atoms with Gasteiger partial charge in [-0.15, -0.1) is 0 Å². The van der Waals surface area contributed by atoms with E-state index in [0.29, 0.717) is 11.1 Å². The van der Waals surface area contributed by atoms with Gasteiger partial charge in [0.25, 0.3) is 5.91 Å². The van der Waals surface area contributed by atoms with Gasteiger partial charge in [-0.25, -0.2) is 8.78 Å². The fraction of sp³-hybridized carbons (Fsp3) is 0.240. The number of hydrogen-bond donors (Lipinski definition) is 4. The van der Waals surface area contributed by atoms with Crippen molar-refractivity contribution in [2.24, 2.45) is 23.5 Å². The predicted octanol–water partition coefficient (Wildman–Crippen LogP) is 3.25. The first-order valence-electron chi connectivity index (χ1n) is 10.6. The fourth-order valence-corrected chi connectivity index (χ4v) is 5.60. The lowest BCUT2D eigenvalue weighted by Gasteiger charge is -2.41. The molecule has 3 atom stereocenters. The topological polar surface area (TPSA) is 138 Å². The van der Waals surface area contributed by atoms with Crippen molar-refractivity contribution < 1.29 is 38.5 Å². The predicted molar refractivity (Wildman–Crippen MR) is 115 cm³/mol. The number of nitrogens with two attached hydrogens (primary N) is 1. The average Bonchev–Trinajstić information content (AvgIpc) is 2.73. The van der Waals surface area contributed by atoms with Crippen molar-refractivity contribution in [1.82, 2.24) is 0 Å². The summed E-state index contributed by atoms with van der Waals surface area (Å²) in [5, 5.41) is 32.1. The lowest BCUT2D eigenvalue weighted by molar-refractivity contribution is -0.127. The first-order chi connectivity index (χ1) is 16.1. The van der Waals surface area contributed by atoms with Crippen LogP contribution in [0.4, 0.5) is 8.78 Å². The van der Waals surface area contributed by atoms with E-state index in [1.165, 1.54) is 18.2 Å². The summed E-state index contributed by atoms with van der Waals surface area (Å²) in [5.74, 6) is -7.99. The van der Waals surface area contributed by atoms with E-state index in [9.17, 15) is 38.5 Å². The number of allylic oxidation sites excluding steroid dienone is 2. The van der Waals surface area contributed by atoms with Crippen molar-refractivity contribution in [3.8, 4) is 16.9 Å². The number of primary amides is 1. The van der Waals surface area contributed by atoms with Crippen molar-refractivity contribution in [3.63, 3.8) is 0 Å². The zero-order chi connectivity index (χ0) is 24.5. The average molecular weight is 467 g/mol. The van der Waals surface area contributed by atoms with Crippen LogP contribution in [0.25, 0.3) is 16.9 Å². The van der Waals surface area contributed by atoms with Crippen LogP contribution >= 0.6 is 0 Å². The second kappa shape index (κ2) is 7.51. The van der Waals surface area contributed by atoms with Gasteiger partial charge in [0.15, 0.2) is 11.6 Å². The second-order valence-electron chi connectivity index (χ2n) is 8.86. The van der Waals surface area contributed by atoms with Gasteiger partial charge >= 0.3 is 0 Å². The van der Waals surface area contributed by atoms with E-state index in [2.05, 4.69) is 0 Å². The Morgan fingerprint density at radius 1 is 1.00 bits per heavy atom. The number of halogens is 2. The van der Waals surface area contributed by atoms with Crippen LogP contribution in [0.15, 0.2) is 47.2 Å². The minimum atomic E-state index is -1.21. The number of ketones is 2. The molecule has 5 rings (SSSR count). The number of carbonyl (C=O) groups excluding carboxylic acids is 3. The molecule has 2 aromatic carbocycles. The van der Waals surface area contributed by atoms with Crippen molar-refractivity contribution in [3.05, 3.63) is 70.0 Å². The van der Waals surface area contributed by atoms with E-state index in [0.717, 1.165) is 12.1 Å². The van der Waals surface area contributed by atoms with Gasteiger partial charge in [-0.2, -0.15) is 0 Å². The molecule has 34 heavy (non-hydrogen) atoms. The Hall–Kier alpha value is -4.01. The Labute approximate surface area is 191 Å². The maximum atomic E-state index is 14.6. The summed E-state index contributed by atoms with van der Waals surface area (Å²) in [4.78, 5) is 37.4. The van der Waals surface area contributed by atoms with Crippen LogP contribution in [0.5, 0.6) is 5.75 Å². The van der Waals surface area contributed by atoms with Crippen LogP contribution in [-0.4, -0.2) is 32.8 Å². The summed E-state index contributed by atoms with van der Waals surface area (Å²) in [6.07, 6.45) is 0.180. The van der Waals surface area contributed by atoms with Gasteiger partial charge in [-0.3, -0.25) is 14.4 Å². The molecule has 174 valence electrons. The molecule has 0 spiro atoms. The number of aliphatic hydroxyl groups is 2. The van der Waals surface area contributed by atoms with Crippen LogP contribution in [0.1, 0.15) is 24.0 Å². The molecule has 0 aliphatic heterocycles. The van der Waals surface area contributed by atoms with E-state index in [1.54, 1.807) is 0 Å². The number of benzene rings is 2. The lowest BCUT2D eigenvalue weighted by Crippen LogP contribution is -2.44. The number of phenols is 1. The maximum Gasteiger partial charge on any atom is 0.255 e. The van der Waals surface area contributed by atoms with Crippen molar-refractivity contribution >= 4 is 23.2 Å². The summed E-state index contributed by atoms with van der Waals surface area (Å²) in [5.41, 5.74) is 5.28. The van der Waals surface area contributed by atoms with E-state index < -0.39 is 64.0 Å². The summed E-state index contributed by atoms with van der Waals surface area (Å²) in [6.45, 7) is 0. The number of Topliss-reactive ketones (excluding diaryl/α,β-unsaturated/α-hetero) is 2. The number of rotatable bonds is 2. The van der Waals surface area contributed by atoms with Crippen LogP contribution in [-0.2, 0) is 20.8 Å². The highest BCUT2D eigenvalue weighted by Crippen LogP contribution is 2.51. The molecule has 9 heteroatoms. The summed E-state index contributed by atoms with van der Waals surface area (Å²) < 4.78 is 28.0. The van der Waals surface area contributed by atoms with Gasteiger partial charge in [-0.1, -0.05) is 6.07 Å². The molecule has 0 radical (unpaired) electrons. The Bertz CT molecular complexity index is 1380. The largest absolute Gasteiger partial charge is 0.511 e. The van der Waals surface area contributed by atoms with Crippen LogP contribution in [0, 0.1) is 29.4 Å². The molecule has 1 fully saturated rings. The third-order valence-electron chi connectivity index (χ3n) is 6.99. The molecule has 1 amide bonds. The van der Waals surface area contributed by atoms with Crippen molar-refractivity contribution in [2.75, 3.05) is 0 Å². The second-order valence-corrected chi connectivity index (χ2v) is 8.86. The quantitative estimate of drug-likeness (QED) is 0.500. The zero-order valence-corrected chi connectivity index (χ0v) is 17.6. The highest BCUT2D eigenvalue weighted by molar-refractivity contribution is 6.21. The monoisotopic (exact) mass is 467 g/mol. The Balaban J connectivity index is 1.68. The van der Waals surface area contributed by atoms with Crippen LogP contribution in [0.2, 0.25) is 0 Å². The molecule has 1 saturated carbocycles. The van der Waals surface area contributed by atoms with Crippen LogP contribution < -0.4 is 5.73 Å². The molecule has 7 nitrogen and oxygen atoms in total. The molecule has 2 aromatic rings. The molecule has 0 saturated heterocycles. The zero-order valence-electron chi connectivity index (χ0n) is 17.6. The Morgan fingerprint density at radius 2 is 1.71 bits per heavy atom. The number of carbonyl (C=O) groups is 3. The molecule has 3 aliphatic rings. The number of phenolic OH excluding ortho intramolecular Hbond substituents is 1. The summed E-state index contributed by atoms with van der Waals surface area (Å²) in [7, 11) is 0. The first kappa shape index (κ1) is 21.8. The van der Waals surface area contributed by atoms with E-state index in [4.69, 9.17) is 5.73 Å². The van der Waals surface area contributed by atoms with Crippen molar-refractivity contribution in [1.29, 1.82) is 0 Å². The Kier molecular flexibility index (Phi) is 4.82. The maximum absolute atomic E-state index is 14.6. The normalized spacial score (nSPS) is 24.0. The molecule has 5 N–H and O–H groups in total. The van der Waals surface area contributed by atoms with Gasteiger partial charge in [0.2, 0.25) is 0 Å². The van der Waals surface area contributed by atoms with Gasteiger partial charge < -0.3 is 21.1 Å². The molecule has 0 aromatic heterocycles. The van der Waals surface area contributed by atoms with Crippen molar-refractivity contribution in [2.45, 2.75) is 19.3 Å². The molecule has 3 unspecified atom stereocenters. The minimum absolute atomic E-state index is 0.0366. The standard InChI is InChI=1S/C25H19F2NO6/c26-11-1-2-13(15(27)8-11)12-3-4-16(29)20-14(12)6-9-5-10-7-17(30)21(25(28)34)24(33)19(10)22(31)18(9)23(20)32/h1-4,8-10,19,29,32-33H,5-7H2,(H2,28,34). The third-order valence-corrected chi connectivity index (χ3v) is 6.99. The first-order valence-corrected chi connectivity index (χ1v) is 10.6. The highest BCUT2D eigenvalue weighted by Gasteiger charge is 2.51. The molecular weight excluding hydrogens is 448 g/mol. The van der Waals surface area contributed by atoms with Crippen LogP contribution in [0.3, 0.4) is 0 Å². The molecule has 0 bridgehead atoms. The summed E-state index contributed by atoms with van der Waals surface area (Å²) in [6, 6.07) is 5.77. The smallest absolute Gasteiger partial charge is 0.255 e. The number of fused-ring (bicyclic) bond motifs is 3. The molecular formula is C25H19F2NO6. The fourth-order valence-electron chi connectivity index (χ4n) is 5.60. The van der Waals surface area contributed by atoms with Gasteiger partial charge in [0, 0.05) is 23.6 Å². The van der Waals surface area contributed by atoms with E-state index >= 15 is 0 Å². The summed E-state index contributed by atoms with van der Waals surface area (Å²) >= 11 is 0. The number of amides is 1. The third kappa shape index (κ3) is 3.03. The molecule has 3 aliphatic carbocycles. The minimum Gasteiger partial charge on any atom is -0.511 e. The SMILES string of the molecule is NC(=O)C1=C(O)C2C(=O)C3=C(O)c4c(O)ccc(-c5ccc(F)cc5F)c4CC3CC2CC1=O. The van der Waals surface area contributed by atoms with Gasteiger partial charge in [-0.05, 0) is 54.0 Å². The van der Waals surface area contributed by atoms with E-state index in [1.807, 2.05) is 0 Å². The molecule has 0 heterocycles. The Morgan fingerprint density at radius 3 is 2.38 bits per heavy atom. The number of aromatic hydroxyl groups is 1. The van der Waals surface area contributed by atoms with E-state index in [-0.39, 0.29) is 41.7 Å². The van der Waals surface area contributed by atoms with Gasteiger partial charge in [0.05, 0.1) is 11.5 Å². The lowest BCUT2D eigenvalue weighted by atomic mass is 9.61. The number of hydrogen-bond acceptors (Lipinski definition) is 6. The van der Waals surface area contributed by atoms with Gasteiger partial charge in [0.1, 0.15) is 34.5 Å².